The Balaban J connectivity index is 2.80. The number of aromatic nitrogens is 3. The molecule has 0 spiro atoms. The third-order valence-electron chi connectivity index (χ3n) is 3.39. The summed E-state index contributed by atoms with van der Waals surface area (Å²) in [5.41, 5.74) is -0.534. The monoisotopic (exact) mass is 241 g/mol. The van der Waals surface area contributed by atoms with E-state index in [1.54, 1.807) is 7.11 Å². The van der Waals surface area contributed by atoms with Gasteiger partial charge in [0.05, 0.1) is 11.7 Å². The Bertz CT molecular complexity index is 345. The van der Waals surface area contributed by atoms with Crippen LogP contribution >= 0.6 is 0 Å². The molecule has 0 amide bonds. The molecule has 1 rings (SSSR count). The van der Waals surface area contributed by atoms with Crippen LogP contribution in [-0.2, 0) is 11.2 Å². The number of methoxy groups -OCH3 is 1. The molecular formula is C12H23N3O2. The van der Waals surface area contributed by atoms with Crippen molar-refractivity contribution in [2.75, 3.05) is 7.11 Å². The maximum atomic E-state index is 10.2. The molecule has 5 nitrogen and oxygen atoms in total. The highest BCUT2D eigenvalue weighted by molar-refractivity contribution is 4.95. The molecule has 1 heterocycles. The minimum atomic E-state index is -0.584. The van der Waals surface area contributed by atoms with Crippen molar-refractivity contribution >= 4 is 0 Å². The quantitative estimate of drug-likeness (QED) is 0.821. The normalized spacial score (nSPS) is 17.1. The summed E-state index contributed by atoms with van der Waals surface area (Å²) >= 11 is 0. The van der Waals surface area contributed by atoms with E-state index in [2.05, 4.69) is 10.1 Å². The molecule has 98 valence electrons. The van der Waals surface area contributed by atoms with Crippen molar-refractivity contribution in [3.63, 3.8) is 0 Å². The van der Waals surface area contributed by atoms with Crippen LogP contribution in [0, 0.1) is 0 Å². The Morgan fingerprint density at radius 1 is 1.53 bits per heavy atom. The van der Waals surface area contributed by atoms with Crippen LogP contribution in [0.5, 0.6) is 0 Å². The number of ether oxygens (including phenoxy) is 1. The van der Waals surface area contributed by atoms with E-state index in [4.69, 9.17) is 4.74 Å². The summed E-state index contributed by atoms with van der Waals surface area (Å²) in [4.78, 5) is 4.20. The van der Waals surface area contributed by atoms with Crippen LogP contribution in [0.1, 0.15) is 46.0 Å². The summed E-state index contributed by atoms with van der Waals surface area (Å²) in [7, 11) is 1.62. The smallest absolute Gasteiger partial charge is 0.138 e. The molecule has 2 atom stereocenters. The highest BCUT2D eigenvalue weighted by Gasteiger charge is 2.32. The summed E-state index contributed by atoms with van der Waals surface area (Å²) < 4.78 is 7.22. The van der Waals surface area contributed by atoms with Gasteiger partial charge >= 0.3 is 0 Å². The summed E-state index contributed by atoms with van der Waals surface area (Å²) in [5.74, 6) is 0.796. The van der Waals surface area contributed by atoms with Crippen molar-refractivity contribution in [3.8, 4) is 0 Å². The first-order valence-corrected chi connectivity index (χ1v) is 6.06. The van der Waals surface area contributed by atoms with Crippen molar-refractivity contribution in [3.05, 3.63) is 12.2 Å². The van der Waals surface area contributed by atoms with E-state index >= 15 is 0 Å². The zero-order valence-corrected chi connectivity index (χ0v) is 11.3. The summed E-state index contributed by atoms with van der Waals surface area (Å²) in [6.07, 6.45) is 2.15. The van der Waals surface area contributed by atoms with E-state index in [-0.39, 0.29) is 6.04 Å². The van der Waals surface area contributed by atoms with Gasteiger partial charge in [-0.05, 0) is 27.2 Å². The number of aliphatic hydroxyl groups is 1. The second kappa shape index (κ2) is 5.60. The highest BCUT2D eigenvalue weighted by Crippen LogP contribution is 2.22. The van der Waals surface area contributed by atoms with Crippen LogP contribution in [0.15, 0.2) is 6.33 Å². The summed E-state index contributed by atoms with van der Waals surface area (Å²) in [6.45, 7) is 7.99. The Morgan fingerprint density at radius 2 is 2.18 bits per heavy atom. The first-order chi connectivity index (χ1) is 7.94. The van der Waals surface area contributed by atoms with Gasteiger partial charge in [-0.15, -0.1) is 0 Å². The third kappa shape index (κ3) is 3.04. The molecule has 0 bridgehead atoms. The van der Waals surface area contributed by atoms with Gasteiger partial charge in [-0.3, -0.25) is 0 Å². The Morgan fingerprint density at radius 3 is 2.65 bits per heavy atom. The van der Waals surface area contributed by atoms with Crippen molar-refractivity contribution in [2.24, 2.45) is 0 Å². The molecule has 1 aromatic rings. The first-order valence-electron chi connectivity index (χ1n) is 6.06. The van der Waals surface area contributed by atoms with Gasteiger partial charge in [0.15, 0.2) is 0 Å². The lowest BCUT2D eigenvalue weighted by atomic mass is 9.93. The fourth-order valence-corrected chi connectivity index (χ4v) is 1.76. The van der Waals surface area contributed by atoms with Gasteiger partial charge in [0.2, 0.25) is 0 Å². The lowest BCUT2D eigenvalue weighted by Gasteiger charge is -2.32. The summed E-state index contributed by atoms with van der Waals surface area (Å²) in [6, 6.07) is 0.245. The lowest BCUT2D eigenvalue weighted by molar-refractivity contribution is -0.0924. The molecule has 0 aromatic carbocycles. The largest absolute Gasteiger partial charge is 0.390 e. The van der Waals surface area contributed by atoms with Crippen LogP contribution in [0.2, 0.25) is 0 Å². The minimum absolute atomic E-state index is 0.245. The summed E-state index contributed by atoms with van der Waals surface area (Å²) in [5, 5.41) is 14.4. The van der Waals surface area contributed by atoms with E-state index in [1.807, 2.05) is 32.4 Å². The molecule has 1 aromatic heterocycles. The van der Waals surface area contributed by atoms with Crippen LogP contribution in [0.4, 0.5) is 0 Å². The second-order valence-corrected chi connectivity index (χ2v) is 4.80. The van der Waals surface area contributed by atoms with Crippen molar-refractivity contribution < 1.29 is 9.84 Å². The minimum Gasteiger partial charge on any atom is -0.390 e. The molecule has 0 saturated carbocycles. The Hall–Kier alpha value is -0.940. The maximum absolute atomic E-state index is 10.2. The fourth-order valence-electron chi connectivity index (χ4n) is 1.76. The third-order valence-corrected chi connectivity index (χ3v) is 3.39. The van der Waals surface area contributed by atoms with Crippen LogP contribution in [0.3, 0.4) is 0 Å². The molecule has 2 unspecified atom stereocenters. The Labute approximate surface area is 103 Å². The van der Waals surface area contributed by atoms with Gasteiger partial charge in [-0.1, -0.05) is 6.92 Å². The molecular weight excluding hydrogens is 218 g/mol. The second-order valence-electron chi connectivity index (χ2n) is 4.80. The SMILES string of the molecule is CCC(C)(OC)C(O)Cc1ncnn1C(C)C. The van der Waals surface area contributed by atoms with Crippen molar-refractivity contribution in [2.45, 2.75) is 58.3 Å². The van der Waals surface area contributed by atoms with E-state index in [0.29, 0.717) is 6.42 Å². The molecule has 0 aliphatic heterocycles. The molecule has 17 heavy (non-hydrogen) atoms. The highest BCUT2D eigenvalue weighted by atomic mass is 16.5. The number of rotatable bonds is 6. The van der Waals surface area contributed by atoms with Crippen LogP contribution in [0.25, 0.3) is 0 Å². The van der Waals surface area contributed by atoms with Crippen LogP contribution < -0.4 is 0 Å². The van der Waals surface area contributed by atoms with Crippen molar-refractivity contribution in [1.82, 2.24) is 14.8 Å². The predicted octanol–water partition coefficient (Wildman–Crippen LogP) is 1.58. The topological polar surface area (TPSA) is 60.2 Å². The average molecular weight is 241 g/mol. The number of aliphatic hydroxyl groups excluding tert-OH is 1. The zero-order valence-electron chi connectivity index (χ0n) is 11.3. The van der Waals surface area contributed by atoms with E-state index in [9.17, 15) is 5.11 Å². The molecule has 0 saturated heterocycles. The molecule has 0 aliphatic rings. The predicted molar refractivity (Wildman–Crippen MR) is 65.8 cm³/mol. The van der Waals surface area contributed by atoms with Gasteiger partial charge in [0.25, 0.3) is 0 Å². The number of nitrogens with zero attached hydrogens (tertiary/aromatic N) is 3. The zero-order chi connectivity index (χ0) is 13.1. The molecule has 0 aliphatic carbocycles. The standard InChI is InChI=1S/C12H23N3O2/c1-6-12(4,17-5)10(16)7-11-13-8-14-15(11)9(2)3/h8-10,16H,6-7H2,1-5H3. The first kappa shape index (κ1) is 14.1. The van der Waals surface area contributed by atoms with E-state index in [0.717, 1.165) is 12.2 Å². The maximum Gasteiger partial charge on any atom is 0.138 e. The van der Waals surface area contributed by atoms with Gasteiger partial charge in [-0.25, -0.2) is 9.67 Å². The Kier molecular flexibility index (Phi) is 4.65. The van der Waals surface area contributed by atoms with Gasteiger partial charge in [-0.2, -0.15) is 5.10 Å². The molecule has 5 heteroatoms. The van der Waals surface area contributed by atoms with E-state index < -0.39 is 11.7 Å². The van der Waals surface area contributed by atoms with Gasteiger partial charge < -0.3 is 9.84 Å². The lowest BCUT2D eigenvalue weighted by Crippen LogP contribution is -2.42. The molecule has 0 fully saturated rings. The van der Waals surface area contributed by atoms with Gasteiger partial charge in [0, 0.05) is 19.6 Å². The van der Waals surface area contributed by atoms with Crippen molar-refractivity contribution in [1.29, 1.82) is 0 Å². The average Bonchev–Trinajstić information content (AvgIpc) is 2.76. The number of hydrogen-bond donors (Lipinski definition) is 1. The number of hydrogen-bond acceptors (Lipinski definition) is 4. The van der Waals surface area contributed by atoms with E-state index in [1.165, 1.54) is 6.33 Å². The van der Waals surface area contributed by atoms with Crippen LogP contribution in [-0.4, -0.2) is 38.7 Å². The molecule has 0 radical (unpaired) electrons. The fraction of sp³-hybridized carbons (Fsp3) is 0.833. The van der Waals surface area contributed by atoms with Gasteiger partial charge in [0.1, 0.15) is 12.2 Å². The molecule has 1 N–H and O–H groups in total.